The quantitative estimate of drug-likeness (QED) is 0.161. The van der Waals surface area contributed by atoms with Crippen LogP contribution < -0.4 is 22.8 Å². The smallest absolute Gasteiger partial charge is 0.344 e. The molecule has 5 aliphatic heterocycles. The number of aromatic nitrogens is 18. The van der Waals surface area contributed by atoms with Gasteiger partial charge in [-0.2, -0.15) is 13.7 Å². The molecule has 0 amide bonds. The van der Waals surface area contributed by atoms with Crippen LogP contribution in [-0.4, -0.2) is 61.5 Å². The standard InChI is InChI=1S/C27H19N4.C21H14N3O.C21H14N3S.2C17H15N4/c1-3-9-20(10-4-1)30-24-14-8-7-13-23(24)25-27(30)31(21-11-5-2-6-12-21)26-22-15-16-28-17-19(22)18-29(25)26;2*1-2-6-15(7-3-1)24-20-16-10-11-22-12-14(16)13-23(20)19-17-8-4-5-9-18(17)25-21(19)24;2*1-19-14-6-4-3-5-13(14)15-17(19)20(2)16-12-7-8-18-9-11(12)10-21(15)16/h1-17H,18H2;2*1-12H,13H2;2*3-9H,10H2,1-2H3/q5*+1/i;;;1D3;. The number of fused-ring (bicyclic) bond motifs is 35. The van der Waals surface area contributed by atoms with Crippen LogP contribution in [0.4, 0.5) is 0 Å². The van der Waals surface area contributed by atoms with Gasteiger partial charge in [0, 0.05) is 106 Å². The zero-order valence-electron chi connectivity index (χ0n) is 70.2. The second kappa shape index (κ2) is 27.4. The summed E-state index contributed by atoms with van der Waals surface area (Å²) in [5.74, 6) is 5.93. The number of hydrogen-bond acceptors (Lipinski definition) is 7. The van der Waals surface area contributed by atoms with E-state index in [1.807, 2.05) is 127 Å². The first-order chi connectivity index (χ1) is 62.0. The Balaban J connectivity index is 0.0000000863. The van der Waals surface area contributed by atoms with Crippen molar-refractivity contribution in [1.82, 2.24) is 61.5 Å². The van der Waals surface area contributed by atoms with Crippen LogP contribution in [0.15, 0.2) is 339 Å². The van der Waals surface area contributed by atoms with E-state index >= 15 is 0 Å². The maximum Gasteiger partial charge on any atom is 0.344 e. The lowest BCUT2D eigenvalue weighted by Gasteiger charge is -2.08. The van der Waals surface area contributed by atoms with Gasteiger partial charge in [-0.1, -0.05) is 145 Å². The molecule has 20 heteroatoms. The Hall–Kier alpha value is -15.8. The van der Waals surface area contributed by atoms with Crippen LogP contribution in [0.3, 0.4) is 0 Å². The molecule has 0 saturated carbocycles. The first kappa shape index (κ1) is 67.1. The maximum absolute atomic E-state index is 8.01. The second-order valence-corrected chi connectivity index (χ2v) is 33.0. The highest BCUT2D eigenvalue weighted by Crippen LogP contribution is 2.45. The van der Waals surface area contributed by atoms with Gasteiger partial charge in [-0.15, -0.1) is 0 Å². The van der Waals surface area contributed by atoms with Gasteiger partial charge in [0.2, 0.25) is 27.5 Å². The van der Waals surface area contributed by atoms with Gasteiger partial charge in [0.05, 0.1) is 100 Å². The Labute approximate surface area is 712 Å². The molecule has 0 fully saturated rings. The highest BCUT2D eigenvalue weighted by molar-refractivity contribution is 7.25. The molecule has 0 bridgehead atoms. The zero-order valence-corrected chi connectivity index (χ0v) is 68.0. The average Bonchev–Trinajstić information content (AvgIpc) is 2.52. The van der Waals surface area contributed by atoms with E-state index in [1.54, 1.807) is 6.20 Å². The third-order valence-corrected chi connectivity index (χ3v) is 26.5. The molecule has 9 aromatic carbocycles. The number of nitrogens with zero attached hydrogens (tertiary/aromatic N) is 18. The lowest BCUT2D eigenvalue weighted by Crippen LogP contribution is -2.31. The van der Waals surface area contributed by atoms with Crippen molar-refractivity contribution in [1.29, 1.82) is 0 Å². The van der Waals surface area contributed by atoms with Crippen LogP contribution in [0, 0.1) is 0 Å². The molecule has 123 heavy (non-hydrogen) atoms. The fourth-order valence-corrected chi connectivity index (χ4v) is 21.5. The zero-order chi connectivity index (χ0) is 83.9. The molecule has 19 nitrogen and oxygen atoms in total. The Bertz CT molecular complexity index is 8410. The number of benzene rings is 9. The van der Waals surface area contributed by atoms with Crippen molar-refractivity contribution in [2.24, 2.45) is 28.1 Å². The van der Waals surface area contributed by atoms with E-state index in [0.29, 0.717) is 6.54 Å². The van der Waals surface area contributed by atoms with E-state index in [4.69, 9.17) is 8.53 Å². The fraction of sp³-hybridized carbons (Fsp3) is 0.0874. The van der Waals surface area contributed by atoms with Crippen LogP contribution in [0.25, 0.3) is 189 Å². The number of pyridine rings is 5. The summed E-state index contributed by atoms with van der Waals surface area (Å²) in [6.45, 7) is 1.92. The molecule has 0 atom stereocenters. The predicted octanol–water partition coefficient (Wildman–Crippen LogP) is 18.7. The Morgan fingerprint density at radius 2 is 0.724 bits per heavy atom. The molecule has 0 N–H and O–H groups in total. The molecule has 5 aliphatic rings. The van der Waals surface area contributed by atoms with Crippen LogP contribution in [0.5, 0.6) is 0 Å². The van der Waals surface area contributed by atoms with Gasteiger partial charge in [0.15, 0.2) is 16.6 Å². The molecule has 0 aliphatic carbocycles. The molecule has 0 radical (unpaired) electrons. The molecule has 20 heterocycles. The summed E-state index contributed by atoms with van der Waals surface area (Å²) in [5, 5.41) is 6.02. The SMILES string of the molecule is Cn1c2ccccc2c2c1[n+](C)c1n2Cc2cnccc2-1.[2H]C([2H])([2H])n1c2ccccc2c2c1[n+](C)c1n2Cc2cnccc2-1.c1ccc(-n2c3[n+](c4c5ccccc5n(-c5ccccc5)c42)Cc2cnccc2-3)cc1.c1ccc(-n2c3[n+](c4c5ccccc5oc42)Cc2cnccc2-3)cc1.c1ccc(-n2c3[n+](c4c5ccccc5sc42)Cc2cnccc2-3)cc1. The average molecular weight is 1620 g/mol. The summed E-state index contributed by atoms with van der Waals surface area (Å²) in [5.41, 5.74) is 31.3. The Morgan fingerprint density at radius 1 is 0.341 bits per heavy atom. The lowest BCUT2D eigenvalue weighted by molar-refractivity contribution is -0.645. The molecule has 24 aromatic rings. The Morgan fingerprint density at radius 3 is 1.25 bits per heavy atom. The minimum absolute atomic E-state index is 0.713. The van der Waals surface area contributed by atoms with E-state index in [2.05, 4.69) is 314 Å². The Kier molecular flexibility index (Phi) is 14.9. The van der Waals surface area contributed by atoms with Crippen LogP contribution >= 0.6 is 11.3 Å². The van der Waals surface area contributed by atoms with Gasteiger partial charge >= 0.3 is 5.71 Å². The molecule has 0 unspecified atom stereocenters. The molecule has 586 valence electrons. The topological polar surface area (TPSA) is 136 Å². The highest BCUT2D eigenvalue weighted by Gasteiger charge is 2.43. The highest BCUT2D eigenvalue weighted by atomic mass is 32.1. The van der Waals surface area contributed by atoms with Crippen molar-refractivity contribution in [3.63, 3.8) is 0 Å². The van der Waals surface area contributed by atoms with Gasteiger partial charge < -0.3 is 4.42 Å². The van der Waals surface area contributed by atoms with Gasteiger partial charge in [-0.05, 0) is 140 Å². The van der Waals surface area contributed by atoms with Gasteiger partial charge in [0.25, 0.3) is 34.4 Å². The number of hydrogen-bond donors (Lipinski definition) is 0. The molecule has 29 rings (SSSR count). The first-order valence-electron chi connectivity index (χ1n) is 42.9. The van der Waals surface area contributed by atoms with Crippen molar-refractivity contribution in [3.05, 3.63) is 363 Å². The van der Waals surface area contributed by atoms with Crippen LogP contribution in [-0.2, 0) is 60.8 Å². The van der Waals surface area contributed by atoms with Crippen molar-refractivity contribution in [3.8, 4) is 79.7 Å². The summed E-state index contributed by atoms with van der Waals surface area (Å²) < 4.78 is 61.0. The van der Waals surface area contributed by atoms with Gasteiger partial charge in [0.1, 0.15) is 53.3 Å². The van der Waals surface area contributed by atoms with E-state index in [9.17, 15) is 0 Å². The van der Waals surface area contributed by atoms with Crippen LogP contribution in [0.1, 0.15) is 31.9 Å². The number of aryl methyl sites for hydroxylation is 4. The molecular weight excluding hydrogens is 1540 g/mol. The summed E-state index contributed by atoms with van der Waals surface area (Å²) in [4.78, 5) is 22.8. The molecular formula is C103H77N18OS+5. The summed E-state index contributed by atoms with van der Waals surface area (Å²) in [7, 11) is 6.24. The third-order valence-electron chi connectivity index (χ3n) is 25.4. The second-order valence-electron chi connectivity index (χ2n) is 32.0. The number of furan rings is 1. The minimum Gasteiger partial charge on any atom is -0.419 e. The maximum atomic E-state index is 8.01. The normalized spacial score (nSPS) is 13.2. The van der Waals surface area contributed by atoms with Crippen molar-refractivity contribution < 1.29 is 31.4 Å². The fourth-order valence-electron chi connectivity index (χ4n) is 20.3. The van der Waals surface area contributed by atoms with E-state index in [1.165, 1.54) is 137 Å². The van der Waals surface area contributed by atoms with Crippen molar-refractivity contribution in [2.45, 2.75) is 32.7 Å². The number of thiophene rings is 1. The summed E-state index contributed by atoms with van der Waals surface area (Å²) >= 11 is 1.87. The largest absolute Gasteiger partial charge is 0.419 e. The molecule has 0 saturated heterocycles. The number of rotatable bonds is 4. The van der Waals surface area contributed by atoms with E-state index in [0.717, 1.165) is 110 Å². The predicted molar refractivity (Wildman–Crippen MR) is 483 cm³/mol. The van der Waals surface area contributed by atoms with E-state index < -0.39 is 6.98 Å². The molecule has 15 aromatic heterocycles. The number of imidazole rings is 5. The molecule has 0 spiro atoms. The first-order valence-corrected chi connectivity index (χ1v) is 42.2. The van der Waals surface area contributed by atoms with Crippen molar-refractivity contribution >= 4 is 120 Å². The monoisotopic (exact) mass is 1620 g/mol. The van der Waals surface area contributed by atoms with Crippen LogP contribution in [0.2, 0.25) is 0 Å². The third kappa shape index (κ3) is 10.3. The van der Waals surface area contributed by atoms with Crippen molar-refractivity contribution in [2.75, 3.05) is 0 Å². The van der Waals surface area contributed by atoms with Gasteiger partial charge in [-0.3, -0.25) is 38.6 Å². The minimum atomic E-state index is -2.23. The lowest BCUT2D eigenvalue weighted by atomic mass is 10.1. The number of para-hydroxylation sites is 8. The summed E-state index contributed by atoms with van der Waals surface area (Å²) in [6, 6.07) is 94.8. The summed E-state index contributed by atoms with van der Waals surface area (Å²) in [6.07, 6.45) is 19.1. The van der Waals surface area contributed by atoms with Gasteiger partial charge in [-0.25, -0.2) is 32.0 Å². The van der Waals surface area contributed by atoms with E-state index in [-0.39, 0.29) is 0 Å².